The molecule has 30 heavy (non-hydrogen) atoms. The number of hydrogen-bond donors (Lipinski definition) is 2. The van der Waals surface area contributed by atoms with E-state index in [0.29, 0.717) is 21.7 Å². The van der Waals surface area contributed by atoms with E-state index >= 15 is 0 Å². The number of hydrogen-bond acceptors (Lipinski definition) is 4. The summed E-state index contributed by atoms with van der Waals surface area (Å²) in [5.74, 6) is -1.30. The molecule has 4 rings (SSSR count). The molecule has 0 aliphatic carbocycles. The van der Waals surface area contributed by atoms with Crippen molar-refractivity contribution in [1.82, 2.24) is 15.8 Å². The minimum atomic E-state index is -1.47. The fraction of sp³-hybridized carbons (Fsp3) is 0.0435. The van der Waals surface area contributed by atoms with E-state index in [4.69, 9.17) is 5.26 Å². The second kappa shape index (κ2) is 7.53. The summed E-state index contributed by atoms with van der Waals surface area (Å²) in [6.07, 6.45) is 0. The zero-order valence-electron chi connectivity index (χ0n) is 15.7. The molecule has 7 nitrogen and oxygen atoms in total. The molecule has 7 heteroatoms. The van der Waals surface area contributed by atoms with Gasteiger partial charge in [-0.05, 0) is 29.3 Å². The summed E-state index contributed by atoms with van der Waals surface area (Å²) in [7, 11) is 0. The van der Waals surface area contributed by atoms with Crippen molar-refractivity contribution in [2.24, 2.45) is 0 Å². The van der Waals surface area contributed by atoms with E-state index in [1.807, 2.05) is 18.2 Å². The van der Waals surface area contributed by atoms with Gasteiger partial charge in [-0.2, -0.15) is 10.3 Å². The number of carbonyl (C=O) groups is 3. The maximum Gasteiger partial charge on any atom is 0.344 e. The van der Waals surface area contributed by atoms with Gasteiger partial charge < -0.3 is 5.32 Å². The molecule has 0 bridgehead atoms. The summed E-state index contributed by atoms with van der Waals surface area (Å²) < 4.78 is 0. The number of urea groups is 1. The molecule has 0 atom stereocenters. The SMILES string of the molecule is N#Cc1cccc(C(=O)NN2C(=O)NC(c3ccccc3)(c3ccccc3)C2=O)c1. The van der Waals surface area contributed by atoms with Crippen molar-refractivity contribution in [3.63, 3.8) is 0 Å². The van der Waals surface area contributed by atoms with Crippen molar-refractivity contribution in [2.75, 3.05) is 0 Å². The molecule has 0 radical (unpaired) electrons. The molecule has 2 N–H and O–H groups in total. The van der Waals surface area contributed by atoms with Gasteiger partial charge >= 0.3 is 6.03 Å². The summed E-state index contributed by atoms with van der Waals surface area (Å²) >= 11 is 0. The average molecular weight is 396 g/mol. The lowest BCUT2D eigenvalue weighted by Gasteiger charge is -2.27. The van der Waals surface area contributed by atoms with Gasteiger partial charge in [0.25, 0.3) is 11.8 Å². The summed E-state index contributed by atoms with van der Waals surface area (Å²) in [6.45, 7) is 0. The van der Waals surface area contributed by atoms with Gasteiger partial charge in [0.15, 0.2) is 5.54 Å². The lowest BCUT2D eigenvalue weighted by Crippen LogP contribution is -2.49. The van der Waals surface area contributed by atoms with Crippen molar-refractivity contribution < 1.29 is 14.4 Å². The monoisotopic (exact) mass is 396 g/mol. The van der Waals surface area contributed by atoms with Crippen molar-refractivity contribution in [3.05, 3.63) is 107 Å². The number of rotatable bonds is 4. The molecular weight excluding hydrogens is 380 g/mol. The van der Waals surface area contributed by atoms with Gasteiger partial charge in [0.05, 0.1) is 11.6 Å². The van der Waals surface area contributed by atoms with Gasteiger partial charge in [0.1, 0.15) is 0 Å². The van der Waals surface area contributed by atoms with Crippen LogP contribution in [0.4, 0.5) is 4.79 Å². The smallest absolute Gasteiger partial charge is 0.314 e. The van der Waals surface area contributed by atoms with E-state index in [2.05, 4.69) is 10.7 Å². The normalized spacial score (nSPS) is 14.7. The Morgan fingerprint density at radius 2 is 1.50 bits per heavy atom. The maximum absolute atomic E-state index is 13.5. The molecule has 146 valence electrons. The Balaban J connectivity index is 1.72. The zero-order valence-corrected chi connectivity index (χ0v) is 15.7. The molecule has 1 aliphatic rings. The van der Waals surface area contributed by atoms with Crippen LogP contribution in [0.5, 0.6) is 0 Å². The van der Waals surface area contributed by atoms with Crippen LogP contribution in [0.25, 0.3) is 0 Å². The van der Waals surface area contributed by atoms with Crippen LogP contribution in [0.3, 0.4) is 0 Å². The van der Waals surface area contributed by atoms with E-state index in [0.717, 1.165) is 0 Å². The Hall–Kier alpha value is -4.44. The Bertz CT molecular complexity index is 1130. The van der Waals surface area contributed by atoms with E-state index in [-0.39, 0.29) is 5.56 Å². The van der Waals surface area contributed by atoms with Gasteiger partial charge in [0.2, 0.25) is 0 Å². The molecule has 0 saturated carbocycles. The Kier molecular flexibility index (Phi) is 4.74. The molecule has 4 amide bonds. The molecule has 0 unspecified atom stereocenters. The summed E-state index contributed by atoms with van der Waals surface area (Å²) in [5, 5.41) is 12.5. The fourth-order valence-electron chi connectivity index (χ4n) is 3.46. The fourth-order valence-corrected chi connectivity index (χ4v) is 3.46. The van der Waals surface area contributed by atoms with Crippen molar-refractivity contribution in [2.45, 2.75) is 5.54 Å². The first kappa shape index (κ1) is 18.9. The minimum Gasteiger partial charge on any atom is -0.314 e. The number of amides is 4. The molecule has 3 aromatic carbocycles. The van der Waals surface area contributed by atoms with Crippen LogP contribution in [-0.4, -0.2) is 22.9 Å². The van der Waals surface area contributed by atoms with E-state index in [9.17, 15) is 14.4 Å². The van der Waals surface area contributed by atoms with Crippen LogP contribution in [0.2, 0.25) is 0 Å². The number of imide groups is 1. The predicted molar refractivity (Wildman–Crippen MR) is 108 cm³/mol. The van der Waals surface area contributed by atoms with Gasteiger partial charge in [0, 0.05) is 5.56 Å². The van der Waals surface area contributed by atoms with Gasteiger partial charge in [-0.25, -0.2) is 4.79 Å². The number of nitrogens with one attached hydrogen (secondary N) is 2. The van der Waals surface area contributed by atoms with Crippen LogP contribution < -0.4 is 10.7 Å². The van der Waals surface area contributed by atoms with Crippen LogP contribution in [0.1, 0.15) is 27.0 Å². The second-order valence-electron chi connectivity index (χ2n) is 6.69. The number of benzene rings is 3. The zero-order chi connectivity index (χ0) is 21.1. The third-order valence-corrected chi connectivity index (χ3v) is 4.90. The Morgan fingerprint density at radius 1 is 0.900 bits per heavy atom. The standard InChI is InChI=1S/C23H16N4O3/c24-15-16-8-7-9-17(14-16)20(28)26-27-21(29)23(25-22(27)30,18-10-3-1-4-11-18)19-12-5-2-6-13-19/h1-14H,(H,25,30)(H,26,28). The lowest BCUT2D eigenvalue weighted by atomic mass is 9.83. The summed E-state index contributed by atoms with van der Waals surface area (Å²) in [4.78, 5) is 38.9. The van der Waals surface area contributed by atoms with Gasteiger partial charge in [-0.15, -0.1) is 0 Å². The van der Waals surface area contributed by atoms with Gasteiger partial charge in [-0.3, -0.25) is 15.0 Å². The average Bonchev–Trinajstić information content (AvgIpc) is 3.06. The number of nitriles is 1. The highest BCUT2D eigenvalue weighted by Crippen LogP contribution is 2.35. The van der Waals surface area contributed by atoms with E-state index < -0.39 is 23.4 Å². The van der Waals surface area contributed by atoms with E-state index in [1.54, 1.807) is 60.7 Å². The molecule has 0 spiro atoms. The van der Waals surface area contributed by atoms with Crippen LogP contribution in [-0.2, 0) is 10.3 Å². The number of hydrazine groups is 1. The summed E-state index contributed by atoms with van der Waals surface area (Å²) in [5.41, 5.74) is 2.48. The van der Waals surface area contributed by atoms with Crippen molar-refractivity contribution >= 4 is 17.8 Å². The molecule has 1 fully saturated rings. The largest absolute Gasteiger partial charge is 0.344 e. The first-order chi connectivity index (χ1) is 14.6. The van der Waals surface area contributed by atoms with Gasteiger partial charge in [-0.1, -0.05) is 66.7 Å². The lowest BCUT2D eigenvalue weighted by molar-refractivity contribution is -0.131. The summed E-state index contributed by atoms with van der Waals surface area (Å²) in [6, 6.07) is 24.9. The third kappa shape index (κ3) is 3.06. The molecule has 1 saturated heterocycles. The Morgan fingerprint density at radius 3 is 2.07 bits per heavy atom. The highest BCUT2D eigenvalue weighted by atomic mass is 16.2. The molecule has 3 aromatic rings. The van der Waals surface area contributed by atoms with Crippen LogP contribution >= 0.6 is 0 Å². The highest BCUT2D eigenvalue weighted by Gasteiger charge is 2.54. The first-order valence-corrected chi connectivity index (χ1v) is 9.15. The molecule has 0 aromatic heterocycles. The topological polar surface area (TPSA) is 102 Å². The molecule has 1 aliphatic heterocycles. The number of carbonyl (C=O) groups excluding carboxylic acids is 3. The molecular formula is C23H16N4O3. The predicted octanol–water partition coefficient (Wildman–Crippen LogP) is 2.70. The second-order valence-corrected chi connectivity index (χ2v) is 6.69. The quantitative estimate of drug-likeness (QED) is 0.662. The minimum absolute atomic E-state index is 0.159. The van der Waals surface area contributed by atoms with Crippen molar-refractivity contribution in [3.8, 4) is 6.07 Å². The Labute approximate surface area is 172 Å². The third-order valence-electron chi connectivity index (χ3n) is 4.90. The first-order valence-electron chi connectivity index (χ1n) is 9.15. The van der Waals surface area contributed by atoms with Crippen molar-refractivity contribution in [1.29, 1.82) is 5.26 Å². The van der Waals surface area contributed by atoms with E-state index in [1.165, 1.54) is 12.1 Å². The van der Waals surface area contributed by atoms with Crippen LogP contribution in [0.15, 0.2) is 84.9 Å². The number of nitrogens with zero attached hydrogens (tertiary/aromatic N) is 2. The molecule has 1 heterocycles. The maximum atomic E-state index is 13.5. The highest BCUT2D eigenvalue weighted by molar-refractivity contribution is 6.11. The van der Waals surface area contributed by atoms with Crippen LogP contribution in [0, 0.1) is 11.3 Å².